The summed E-state index contributed by atoms with van der Waals surface area (Å²) in [5.74, 6) is -4.10. The number of alkyl halides is 4. The average molecular weight is 265 g/mol. The highest BCUT2D eigenvalue weighted by molar-refractivity contribution is 5.42. The normalized spacial score (nSPS) is 13.7. The predicted octanol–water partition coefficient (Wildman–Crippen LogP) is 3.40. The molecule has 1 unspecified atom stereocenters. The van der Waals surface area contributed by atoms with E-state index in [2.05, 4.69) is 5.32 Å². The second kappa shape index (κ2) is 6.58. The van der Waals surface area contributed by atoms with Gasteiger partial charge in [0.1, 0.15) is 6.61 Å². The van der Waals surface area contributed by atoms with Crippen LogP contribution in [0.25, 0.3) is 0 Å². The molecule has 0 heterocycles. The second-order valence-electron chi connectivity index (χ2n) is 3.93. The summed E-state index contributed by atoms with van der Waals surface area (Å²) in [5, 5.41) is 2.95. The van der Waals surface area contributed by atoms with E-state index in [9.17, 15) is 17.6 Å². The van der Waals surface area contributed by atoms with Crippen molar-refractivity contribution in [3.63, 3.8) is 0 Å². The van der Waals surface area contributed by atoms with Crippen molar-refractivity contribution in [2.24, 2.45) is 0 Å². The molecule has 102 valence electrons. The van der Waals surface area contributed by atoms with Gasteiger partial charge in [0.05, 0.1) is 6.10 Å². The Balaban J connectivity index is 2.28. The quantitative estimate of drug-likeness (QED) is 0.763. The minimum atomic E-state index is -4.10. The molecule has 1 atom stereocenters. The fourth-order valence-corrected chi connectivity index (χ4v) is 1.19. The summed E-state index contributed by atoms with van der Waals surface area (Å²) in [7, 11) is 0. The topological polar surface area (TPSA) is 21.3 Å². The van der Waals surface area contributed by atoms with Crippen molar-refractivity contribution in [2.75, 3.05) is 18.5 Å². The molecule has 0 aromatic heterocycles. The van der Waals surface area contributed by atoms with Gasteiger partial charge in [-0.1, -0.05) is 18.2 Å². The summed E-state index contributed by atoms with van der Waals surface area (Å²) in [6.07, 6.45) is -4.29. The first kappa shape index (κ1) is 14.8. The van der Waals surface area contributed by atoms with Gasteiger partial charge in [-0.05, 0) is 19.1 Å². The number of anilines is 1. The first-order valence-electron chi connectivity index (χ1n) is 5.48. The second-order valence-corrected chi connectivity index (χ2v) is 3.93. The molecule has 18 heavy (non-hydrogen) atoms. The zero-order chi connectivity index (χ0) is 13.6. The van der Waals surface area contributed by atoms with Crippen LogP contribution in [0, 0.1) is 0 Å². The van der Waals surface area contributed by atoms with Crippen molar-refractivity contribution in [2.45, 2.75) is 25.4 Å². The molecule has 1 rings (SSSR count). The van der Waals surface area contributed by atoms with Crippen molar-refractivity contribution in [3.05, 3.63) is 30.3 Å². The molecule has 6 heteroatoms. The van der Waals surface area contributed by atoms with Crippen molar-refractivity contribution in [1.29, 1.82) is 0 Å². The Morgan fingerprint density at radius 3 is 2.39 bits per heavy atom. The van der Waals surface area contributed by atoms with Gasteiger partial charge in [-0.2, -0.15) is 8.78 Å². The van der Waals surface area contributed by atoms with E-state index in [0.29, 0.717) is 0 Å². The number of rotatable bonds is 7. The Labute approximate surface area is 103 Å². The third-order valence-corrected chi connectivity index (χ3v) is 2.25. The Morgan fingerprint density at radius 1 is 1.22 bits per heavy atom. The summed E-state index contributed by atoms with van der Waals surface area (Å²) in [4.78, 5) is 0. The Kier molecular flexibility index (Phi) is 5.40. The lowest BCUT2D eigenvalue weighted by Crippen LogP contribution is -2.35. The molecule has 0 saturated carbocycles. The lowest BCUT2D eigenvalue weighted by molar-refractivity contribution is -0.173. The standard InChI is InChI=1S/C12H15F4NO/c1-9(18-8-12(15,16)11(13)14)7-17-10-5-3-2-4-6-10/h2-6,9,11,17H,7-8H2,1H3. The van der Waals surface area contributed by atoms with Gasteiger partial charge in [-0.3, -0.25) is 0 Å². The van der Waals surface area contributed by atoms with Gasteiger partial charge in [-0.15, -0.1) is 0 Å². The first-order chi connectivity index (χ1) is 8.42. The van der Waals surface area contributed by atoms with Gasteiger partial charge in [0, 0.05) is 12.2 Å². The van der Waals surface area contributed by atoms with Crippen LogP contribution < -0.4 is 5.32 Å². The molecule has 0 radical (unpaired) electrons. The molecule has 0 saturated heterocycles. The Hall–Kier alpha value is -1.30. The minimum Gasteiger partial charge on any atom is -0.382 e. The zero-order valence-corrected chi connectivity index (χ0v) is 9.88. The number of benzene rings is 1. The van der Waals surface area contributed by atoms with Crippen LogP contribution in [0.1, 0.15) is 6.92 Å². The summed E-state index contributed by atoms with van der Waals surface area (Å²) in [6, 6.07) is 9.09. The lowest BCUT2D eigenvalue weighted by atomic mass is 10.3. The maximum Gasteiger partial charge on any atom is 0.330 e. The molecule has 2 nitrogen and oxygen atoms in total. The molecule has 1 aromatic rings. The Morgan fingerprint density at radius 2 is 1.83 bits per heavy atom. The first-order valence-corrected chi connectivity index (χ1v) is 5.48. The van der Waals surface area contributed by atoms with E-state index in [1.807, 2.05) is 18.2 Å². The minimum absolute atomic E-state index is 0.267. The number of halogens is 4. The van der Waals surface area contributed by atoms with Crippen molar-refractivity contribution < 1.29 is 22.3 Å². The maximum atomic E-state index is 12.6. The van der Waals surface area contributed by atoms with Crippen LogP contribution in [0.4, 0.5) is 23.2 Å². The van der Waals surface area contributed by atoms with Gasteiger partial charge in [0.25, 0.3) is 0 Å². The van der Waals surface area contributed by atoms with Gasteiger partial charge in [-0.25, -0.2) is 8.78 Å². The van der Waals surface area contributed by atoms with E-state index in [-0.39, 0.29) is 6.54 Å². The molecule has 0 aliphatic heterocycles. The van der Waals surface area contributed by atoms with Gasteiger partial charge in [0.2, 0.25) is 0 Å². The highest BCUT2D eigenvalue weighted by Gasteiger charge is 2.41. The monoisotopic (exact) mass is 265 g/mol. The number of hydrogen-bond acceptors (Lipinski definition) is 2. The predicted molar refractivity (Wildman–Crippen MR) is 61.3 cm³/mol. The number of nitrogens with one attached hydrogen (secondary N) is 1. The smallest absolute Gasteiger partial charge is 0.330 e. The zero-order valence-electron chi connectivity index (χ0n) is 9.88. The van der Waals surface area contributed by atoms with Gasteiger partial charge >= 0.3 is 12.3 Å². The molecule has 0 bridgehead atoms. The van der Waals surface area contributed by atoms with E-state index in [0.717, 1.165) is 5.69 Å². The van der Waals surface area contributed by atoms with E-state index >= 15 is 0 Å². The number of hydrogen-bond donors (Lipinski definition) is 1. The molecule has 0 spiro atoms. The van der Waals surface area contributed by atoms with Crippen LogP contribution in [0.3, 0.4) is 0 Å². The van der Waals surface area contributed by atoms with E-state index in [4.69, 9.17) is 4.74 Å². The maximum absolute atomic E-state index is 12.6. The van der Waals surface area contributed by atoms with Crippen molar-refractivity contribution in [1.82, 2.24) is 0 Å². The van der Waals surface area contributed by atoms with E-state index < -0.39 is 25.1 Å². The third kappa shape index (κ3) is 4.91. The third-order valence-electron chi connectivity index (χ3n) is 2.25. The average Bonchev–Trinajstić information content (AvgIpc) is 2.35. The van der Waals surface area contributed by atoms with Crippen molar-refractivity contribution in [3.8, 4) is 0 Å². The SMILES string of the molecule is CC(CNc1ccccc1)OCC(F)(F)C(F)F. The fraction of sp³-hybridized carbons (Fsp3) is 0.500. The van der Waals surface area contributed by atoms with Gasteiger partial charge < -0.3 is 10.1 Å². The van der Waals surface area contributed by atoms with E-state index in [1.54, 1.807) is 12.1 Å². The molecule has 0 aliphatic rings. The summed E-state index contributed by atoms with van der Waals surface area (Å²) in [6.45, 7) is 0.531. The van der Waals surface area contributed by atoms with Crippen LogP contribution in [0.2, 0.25) is 0 Å². The molecule has 0 aliphatic carbocycles. The van der Waals surface area contributed by atoms with Crippen LogP contribution in [-0.4, -0.2) is 31.6 Å². The van der Waals surface area contributed by atoms with Crippen LogP contribution >= 0.6 is 0 Å². The van der Waals surface area contributed by atoms with Crippen LogP contribution in [0.15, 0.2) is 30.3 Å². The van der Waals surface area contributed by atoms with Crippen molar-refractivity contribution >= 4 is 5.69 Å². The highest BCUT2D eigenvalue weighted by atomic mass is 19.3. The number of ether oxygens (including phenoxy) is 1. The molecule has 0 amide bonds. The van der Waals surface area contributed by atoms with Crippen LogP contribution in [-0.2, 0) is 4.74 Å². The summed E-state index contributed by atoms with van der Waals surface area (Å²) >= 11 is 0. The van der Waals surface area contributed by atoms with Gasteiger partial charge in [0.15, 0.2) is 0 Å². The molecular weight excluding hydrogens is 250 g/mol. The largest absolute Gasteiger partial charge is 0.382 e. The molecule has 1 N–H and O–H groups in total. The lowest BCUT2D eigenvalue weighted by Gasteiger charge is -2.19. The molecule has 0 fully saturated rings. The summed E-state index contributed by atoms with van der Waals surface area (Å²) in [5.41, 5.74) is 0.813. The molecular formula is C12H15F4NO. The Bertz CT molecular complexity index is 345. The van der Waals surface area contributed by atoms with E-state index in [1.165, 1.54) is 6.92 Å². The van der Waals surface area contributed by atoms with Crippen LogP contribution in [0.5, 0.6) is 0 Å². The highest BCUT2D eigenvalue weighted by Crippen LogP contribution is 2.23. The molecule has 1 aromatic carbocycles. The summed E-state index contributed by atoms with van der Waals surface area (Å²) < 4.78 is 53.6. The number of para-hydroxylation sites is 1. The fourth-order valence-electron chi connectivity index (χ4n) is 1.19.